The minimum absolute atomic E-state index is 0.128. The molecular formula is C51H35NO. The highest BCUT2D eigenvalue weighted by Crippen LogP contribution is 2.52. The Balaban J connectivity index is 1.19. The van der Waals surface area contributed by atoms with Gasteiger partial charge in [0.25, 0.3) is 0 Å². The summed E-state index contributed by atoms with van der Waals surface area (Å²) in [5.74, 6) is 0. The van der Waals surface area contributed by atoms with Crippen LogP contribution in [0.2, 0.25) is 0 Å². The lowest BCUT2D eigenvalue weighted by molar-refractivity contribution is 0.660. The third kappa shape index (κ3) is 4.45. The highest BCUT2D eigenvalue weighted by molar-refractivity contribution is 6.20. The van der Waals surface area contributed by atoms with Crippen LogP contribution >= 0.6 is 0 Å². The minimum Gasteiger partial charge on any atom is -0.453 e. The van der Waals surface area contributed by atoms with Gasteiger partial charge < -0.3 is 9.32 Å². The first-order valence-corrected chi connectivity index (χ1v) is 18.4. The van der Waals surface area contributed by atoms with Crippen LogP contribution in [-0.4, -0.2) is 0 Å². The number of rotatable bonds is 4. The molecule has 1 aromatic heterocycles. The van der Waals surface area contributed by atoms with Gasteiger partial charge in [-0.05, 0) is 103 Å². The van der Waals surface area contributed by atoms with Gasteiger partial charge in [0.15, 0.2) is 5.58 Å². The third-order valence-electron chi connectivity index (χ3n) is 11.6. The molecule has 53 heavy (non-hydrogen) atoms. The number of para-hydroxylation sites is 1. The third-order valence-corrected chi connectivity index (χ3v) is 11.6. The molecule has 1 aliphatic rings. The first kappa shape index (κ1) is 30.0. The van der Waals surface area contributed by atoms with Crippen LogP contribution in [0.1, 0.15) is 25.0 Å². The van der Waals surface area contributed by atoms with Crippen molar-refractivity contribution in [2.24, 2.45) is 0 Å². The number of hydrogen-bond acceptors (Lipinski definition) is 2. The molecule has 250 valence electrons. The van der Waals surface area contributed by atoms with E-state index in [1.54, 1.807) is 0 Å². The fraction of sp³-hybridized carbons (Fsp3) is 0.0588. The molecule has 0 saturated carbocycles. The summed E-state index contributed by atoms with van der Waals surface area (Å²) in [7, 11) is 0. The van der Waals surface area contributed by atoms with Crippen LogP contribution in [0.15, 0.2) is 180 Å². The SMILES string of the molecule is CC1(C)c2ccccc2-c2ccc(N(c3ccc4ccccc4c3)c3cccc4c3oc3c(-c5ccc6ccccc6c5)c5ccccc5cc34)cc21. The van der Waals surface area contributed by atoms with Crippen LogP contribution in [0.3, 0.4) is 0 Å². The molecule has 0 amide bonds. The monoisotopic (exact) mass is 677 g/mol. The Morgan fingerprint density at radius 1 is 0.415 bits per heavy atom. The van der Waals surface area contributed by atoms with Crippen LogP contribution in [0.4, 0.5) is 17.1 Å². The second kappa shape index (κ2) is 11.2. The van der Waals surface area contributed by atoms with Crippen LogP contribution in [0, 0.1) is 0 Å². The van der Waals surface area contributed by atoms with Gasteiger partial charge in [-0.3, -0.25) is 0 Å². The van der Waals surface area contributed by atoms with E-state index in [4.69, 9.17) is 4.42 Å². The van der Waals surface area contributed by atoms with Gasteiger partial charge in [0, 0.05) is 33.1 Å². The summed E-state index contributed by atoms with van der Waals surface area (Å²) in [6.45, 7) is 4.70. The zero-order chi connectivity index (χ0) is 35.3. The van der Waals surface area contributed by atoms with Gasteiger partial charge in [-0.2, -0.15) is 0 Å². The largest absolute Gasteiger partial charge is 0.453 e. The van der Waals surface area contributed by atoms with Gasteiger partial charge in [0.1, 0.15) is 5.58 Å². The molecule has 0 fully saturated rings. The number of benzene rings is 9. The van der Waals surface area contributed by atoms with Crippen molar-refractivity contribution in [3.05, 3.63) is 187 Å². The van der Waals surface area contributed by atoms with Crippen molar-refractivity contribution in [1.29, 1.82) is 0 Å². The van der Waals surface area contributed by atoms with E-state index in [0.717, 1.165) is 50.1 Å². The lowest BCUT2D eigenvalue weighted by atomic mass is 9.82. The fourth-order valence-electron chi connectivity index (χ4n) is 8.96. The Hall–Kier alpha value is -6.64. The standard InChI is InChI=1S/C51H35NO/c1-51(2)45-20-10-9-18-41(45)42-27-26-39(31-46(42)51)52(38-25-24-33-13-4-6-15-35(33)29-38)47-21-11-19-43-44-30-36-16-7-8-17-40(36)48(50(44)53-49(43)47)37-23-22-32-12-3-5-14-34(32)28-37/h3-31H,1-2H3. The molecule has 1 aliphatic carbocycles. The highest BCUT2D eigenvalue weighted by atomic mass is 16.3. The zero-order valence-electron chi connectivity index (χ0n) is 29.6. The lowest BCUT2D eigenvalue weighted by Gasteiger charge is -2.28. The molecule has 0 saturated heterocycles. The van der Waals surface area contributed by atoms with Gasteiger partial charge in [0.2, 0.25) is 0 Å². The number of nitrogens with zero attached hydrogens (tertiary/aromatic N) is 1. The normalized spacial score (nSPS) is 13.2. The van der Waals surface area contributed by atoms with Crippen LogP contribution < -0.4 is 4.90 Å². The smallest absolute Gasteiger partial charge is 0.159 e. The molecule has 0 radical (unpaired) electrons. The number of hydrogen-bond donors (Lipinski definition) is 0. The predicted molar refractivity (Wildman–Crippen MR) is 224 cm³/mol. The van der Waals surface area contributed by atoms with E-state index >= 15 is 0 Å². The Labute approximate surface area is 308 Å². The Kier molecular flexibility index (Phi) is 6.33. The van der Waals surface area contributed by atoms with E-state index in [2.05, 4.69) is 195 Å². The van der Waals surface area contributed by atoms with Gasteiger partial charge in [-0.1, -0.05) is 147 Å². The van der Waals surface area contributed by atoms with Crippen molar-refractivity contribution in [2.45, 2.75) is 19.3 Å². The van der Waals surface area contributed by atoms with E-state index in [1.807, 2.05) is 0 Å². The molecule has 0 atom stereocenters. The summed E-state index contributed by atoms with van der Waals surface area (Å²) in [4.78, 5) is 2.39. The number of fused-ring (bicyclic) bond motifs is 9. The van der Waals surface area contributed by atoms with E-state index < -0.39 is 0 Å². The van der Waals surface area contributed by atoms with Crippen LogP contribution in [0.25, 0.3) is 76.5 Å². The molecule has 0 bridgehead atoms. The molecule has 2 nitrogen and oxygen atoms in total. The molecule has 2 heteroatoms. The van der Waals surface area contributed by atoms with Crippen LogP contribution in [0.5, 0.6) is 0 Å². The fourth-order valence-corrected chi connectivity index (χ4v) is 8.96. The second-order valence-electron chi connectivity index (χ2n) is 14.9. The topological polar surface area (TPSA) is 16.4 Å². The first-order valence-electron chi connectivity index (χ1n) is 18.4. The molecule has 10 aromatic rings. The molecular weight excluding hydrogens is 643 g/mol. The molecule has 11 rings (SSSR count). The summed E-state index contributed by atoms with van der Waals surface area (Å²) < 4.78 is 7.24. The maximum absolute atomic E-state index is 7.24. The first-order chi connectivity index (χ1) is 26.0. The van der Waals surface area contributed by atoms with E-state index in [0.29, 0.717) is 0 Å². The molecule has 0 spiro atoms. The van der Waals surface area contributed by atoms with Gasteiger partial charge in [-0.25, -0.2) is 0 Å². The van der Waals surface area contributed by atoms with Crippen molar-refractivity contribution in [3.63, 3.8) is 0 Å². The van der Waals surface area contributed by atoms with Gasteiger partial charge in [-0.15, -0.1) is 0 Å². The van der Waals surface area contributed by atoms with E-state index in [9.17, 15) is 0 Å². The Morgan fingerprint density at radius 3 is 1.87 bits per heavy atom. The van der Waals surface area contributed by atoms with Crippen molar-refractivity contribution in [1.82, 2.24) is 0 Å². The van der Waals surface area contributed by atoms with Crippen molar-refractivity contribution >= 4 is 71.3 Å². The van der Waals surface area contributed by atoms with Crippen LogP contribution in [-0.2, 0) is 5.41 Å². The minimum atomic E-state index is -0.128. The summed E-state index contributed by atoms with van der Waals surface area (Å²) >= 11 is 0. The molecule has 9 aromatic carbocycles. The maximum atomic E-state index is 7.24. The molecule has 1 heterocycles. The average molecular weight is 678 g/mol. The number of anilines is 3. The zero-order valence-corrected chi connectivity index (χ0v) is 29.6. The summed E-state index contributed by atoms with van der Waals surface area (Å²) in [6.07, 6.45) is 0. The average Bonchev–Trinajstić information content (AvgIpc) is 3.68. The van der Waals surface area contributed by atoms with E-state index in [1.165, 1.54) is 54.6 Å². The second-order valence-corrected chi connectivity index (χ2v) is 14.9. The number of furan rings is 1. The molecule has 0 aliphatic heterocycles. The summed E-state index contributed by atoms with van der Waals surface area (Å²) in [5.41, 5.74) is 12.5. The van der Waals surface area contributed by atoms with Gasteiger partial charge >= 0.3 is 0 Å². The highest BCUT2D eigenvalue weighted by Gasteiger charge is 2.36. The summed E-state index contributed by atoms with van der Waals surface area (Å²) in [6, 6.07) is 64.2. The maximum Gasteiger partial charge on any atom is 0.159 e. The Bertz CT molecular complexity index is 3110. The Morgan fingerprint density at radius 2 is 1.04 bits per heavy atom. The van der Waals surface area contributed by atoms with Crippen molar-refractivity contribution in [3.8, 4) is 22.3 Å². The van der Waals surface area contributed by atoms with Crippen molar-refractivity contribution < 1.29 is 4.42 Å². The molecule has 0 unspecified atom stereocenters. The lowest BCUT2D eigenvalue weighted by Crippen LogP contribution is -2.16. The predicted octanol–water partition coefficient (Wildman–Crippen LogP) is 14.5. The molecule has 0 N–H and O–H groups in total. The quantitative estimate of drug-likeness (QED) is 0.184. The summed E-state index contributed by atoms with van der Waals surface area (Å²) in [5, 5.41) is 9.46. The van der Waals surface area contributed by atoms with Crippen molar-refractivity contribution in [2.75, 3.05) is 4.90 Å². The van der Waals surface area contributed by atoms with Gasteiger partial charge in [0.05, 0.1) is 5.69 Å². The van der Waals surface area contributed by atoms with E-state index in [-0.39, 0.29) is 5.41 Å².